The minimum Gasteiger partial charge on any atom is -0.469 e. The van der Waals surface area contributed by atoms with Crippen molar-refractivity contribution < 1.29 is 18.7 Å². The van der Waals surface area contributed by atoms with Gasteiger partial charge in [0, 0.05) is 6.42 Å². The lowest BCUT2D eigenvalue weighted by atomic mass is 10.00. The summed E-state index contributed by atoms with van der Waals surface area (Å²) in [5.41, 5.74) is 2.41. The Morgan fingerprint density at radius 1 is 1.47 bits per heavy atom. The molecule has 0 unspecified atom stereocenters. The molecule has 0 aromatic carbocycles. The van der Waals surface area contributed by atoms with Crippen molar-refractivity contribution in [2.45, 2.75) is 45.5 Å². The Labute approximate surface area is 112 Å². The van der Waals surface area contributed by atoms with Crippen LogP contribution in [0.5, 0.6) is 0 Å². The third-order valence-electron chi connectivity index (χ3n) is 3.62. The van der Waals surface area contributed by atoms with Crippen molar-refractivity contribution in [3.63, 3.8) is 0 Å². The predicted molar refractivity (Wildman–Crippen MR) is 68.4 cm³/mol. The van der Waals surface area contributed by atoms with Gasteiger partial charge in [-0.3, -0.25) is 4.79 Å². The first-order valence-corrected chi connectivity index (χ1v) is 6.69. The Bertz CT molecular complexity index is 514. The number of hydrogen-bond donors (Lipinski definition) is 0. The highest BCUT2D eigenvalue weighted by molar-refractivity contribution is 5.76. The number of fused-ring (bicyclic) bond motifs is 1. The van der Waals surface area contributed by atoms with Gasteiger partial charge in [-0.15, -0.1) is 0 Å². The van der Waals surface area contributed by atoms with Crippen LogP contribution >= 0.6 is 0 Å². The van der Waals surface area contributed by atoms with Gasteiger partial charge in [-0.25, -0.2) is 0 Å². The first-order chi connectivity index (χ1) is 9.13. The predicted octanol–water partition coefficient (Wildman–Crippen LogP) is 2.75. The monoisotopic (exact) mass is 262 g/mol. The van der Waals surface area contributed by atoms with Crippen LogP contribution in [0.3, 0.4) is 0 Å². The minimum absolute atomic E-state index is 0.0222. The number of carbonyl (C=O) groups is 1. The number of ether oxygens (including phenoxy) is 2. The van der Waals surface area contributed by atoms with E-state index in [1.165, 1.54) is 5.57 Å². The summed E-state index contributed by atoms with van der Waals surface area (Å²) in [6.07, 6.45) is 6.21. The van der Waals surface area contributed by atoms with E-state index >= 15 is 0 Å². The SMILES string of the molecule is CC(=CCC[C@H]1C(=O)O[C@@H]2O[C@@H]21)Cc1cc(C)co1. The molecule has 0 amide bonds. The summed E-state index contributed by atoms with van der Waals surface area (Å²) in [6.45, 7) is 4.10. The quantitative estimate of drug-likeness (QED) is 0.465. The van der Waals surface area contributed by atoms with Gasteiger partial charge in [0.05, 0.1) is 12.2 Å². The molecule has 2 aliphatic rings. The van der Waals surface area contributed by atoms with Crippen molar-refractivity contribution in [2.24, 2.45) is 5.92 Å². The Morgan fingerprint density at radius 3 is 2.95 bits per heavy atom. The van der Waals surface area contributed by atoms with Crippen molar-refractivity contribution in [3.05, 3.63) is 35.3 Å². The fraction of sp³-hybridized carbons (Fsp3) is 0.533. The van der Waals surface area contributed by atoms with Crippen LogP contribution in [0.15, 0.2) is 28.4 Å². The summed E-state index contributed by atoms with van der Waals surface area (Å²) in [5, 5.41) is 0. The highest BCUT2D eigenvalue weighted by atomic mass is 16.8. The van der Waals surface area contributed by atoms with Gasteiger partial charge in [0.25, 0.3) is 0 Å². The van der Waals surface area contributed by atoms with Crippen LogP contribution in [-0.2, 0) is 20.7 Å². The fourth-order valence-electron chi connectivity index (χ4n) is 2.55. The van der Waals surface area contributed by atoms with E-state index in [9.17, 15) is 4.79 Å². The maximum absolute atomic E-state index is 11.4. The molecule has 0 saturated carbocycles. The highest BCUT2D eigenvalue weighted by Crippen LogP contribution is 2.40. The Morgan fingerprint density at radius 2 is 2.32 bits per heavy atom. The molecule has 2 fully saturated rings. The van der Waals surface area contributed by atoms with Crippen LogP contribution in [0.4, 0.5) is 0 Å². The van der Waals surface area contributed by atoms with Gasteiger partial charge in [0.2, 0.25) is 6.29 Å². The van der Waals surface area contributed by atoms with E-state index in [-0.39, 0.29) is 24.3 Å². The molecule has 0 bridgehead atoms. The summed E-state index contributed by atoms with van der Waals surface area (Å²) in [4.78, 5) is 11.4. The zero-order valence-electron chi connectivity index (χ0n) is 11.2. The summed E-state index contributed by atoms with van der Waals surface area (Å²) in [5.74, 6) is 0.811. The number of aryl methyl sites for hydroxylation is 1. The second-order valence-electron chi connectivity index (χ2n) is 5.41. The van der Waals surface area contributed by atoms with Gasteiger partial charge >= 0.3 is 5.97 Å². The number of esters is 1. The molecule has 0 N–H and O–H groups in total. The van der Waals surface area contributed by atoms with Crippen LogP contribution in [0.1, 0.15) is 31.1 Å². The topological polar surface area (TPSA) is 52.0 Å². The van der Waals surface area contributed by atoms with E-state index in [2.05, 4.69) is 13.0 Å². The molecule has 2 saturated heterocycles. The van der Waals surface area contributed by atoms with E-state index in [1.54, 1.807) is 6.26 Å². The number of carbonyl (C=O) groups excluding carboxylic acids is 1. The minimum atomic E-state index is -0.242. The van der Waals surface area contributed by atoms with Gasteiger partial charge in [0.15, 0.2) is 0 Å². The summed E-state index contributed by atoms with van der Waals surface area (Å²) < 4.78 is 15.6. The Balaban J connectivity index is 1.48. The van der Waals surface area contributed by atoms with Gasteiger partial charge in [-0.2, -0.15) is 0 Å². The summed E-state index contributed by atoms with van der Waals surface area (Å²) in [6, 6.07) is 2.05. The Kier molecular flexibility index (Phi) is 3.19. The molecule has 3 heterocycles. The molecule has 1 aromatic heterocycles. The number of allylic oxidation sites excluding steroid dienone is 2. The van der Waals surface area contributed by atoms with E-state index < -0.39 is 0 Å². The van der Waals surface area contributed by atoms with Crippen LogP contribution in [-0.4, -0.2) is 18.4 Å². The third-order valence-corrected chi connectivity index (χ3v) is 3.62. The normalized spacial score (nSPS) is 29.3. The van der Waals surface area contributed by atoms with Gasteiger partial charge in [-0.1, -0.05) is 11.6 Å². The highest BCUT2D eigenvalue weighted by Gasteiger charge is 2.57. The zero-order valence-corrected chi connectivity index (χ0v) is 11.2. The maximum atomic E-state index is 11.4. The van der Waals surface area contributed by atoms with Crippen LogP contribution in [0, 0.1) is 12.8 Å². The third kappa shape index (κ3) is 2.73. The number of rotatable bonds is 5. The standard InChI is InChI=1S/C15H18O4/c1-9(6-11-7-10(2)8-17-11)4-3-5-12-13-15(18-13)19-14(12)16/h4,7-8,12-13,15H,3,5-6H2,1-2H3/t12-,13-,15+/m1/s1. The maximum Gasteiger partial charge on any atom is 0.314 e. The lowest BCUT2D eigenvalue weighted by molar-refractivity contribution is -0.151. The van der Waals surface area contributed by atoms with Crippen LogP contribution in [0.25, 0.3) is 0 Å². The smallest absolute Gasteiger partial charge is 0.314 e. The van der Waals surface area contributed by atoms with Crippen molar-refractivity contribution >= 4 is 5.97 Å². The second-order valence-corrected chi connectivity index (χ2v) is 5.41. The van der Waals surface area contributed by atoms with Crippen LogP contribution < -0.4 is 0 Å². The molecule has 3 rings (SSSR count). The van der Waals surface area contributed by atoms with Gasteiger partial charge in [-0.05, 0) is 38.3 Å². The molecular weight excluding hydrogens is 244 g/mol. The average Bonchev–Trinajstić information content (AvgIpc) is 2.87. The largest absolute Gasteiger partial charge is 0.469 e. The van der Waals surface area contributed by atoms with Crippen molar-refractivity contribution in [3.8, 4) is 0 Å². The first-order valence-electron chi connectivity index (χ1n) is 6.69. The number of hydrogen-bond acceptors (Lipinski definition) is 4. The van der Waals surface area contributed by atoms with Crippen molar-refractivity contribution in [1.82, 2.24) is 0 Å². The average molecular weight is 262 g/mol. The molecule has 1 aromatic rings. The molecule has 0 spiro atoms. The van der Waals surface area contributed by atoms with E-state index in [4.69, 9.17) is 13.9 Å². The molecule has 4 nitrogen and oxygen atoms in total. The number of epoxide rings is 1. The van der Waals surface area contributed by atoms with Gasteiger partial charge in [0.1, 0.15) is 11.9 Å². The fourth-order valence-corrected chi connectivity index (χ4v) is 2.55. The summed E-state index contributed by atoms with van der Waals surface area (Å²) in [7, 11) is 0. The molecule has 4 heteroatoms. The number of furan rings is 1. The molecular formula is C15H18O4. The molecule has 19 heavy (non-hydrogen) atoms. The van der Waals surface area contributed by atoms with Crippen molar-refractivity contribution in [1.29, 1.82) is 0 Å². The lowest BCUT2D eigenvalue weighted by Crippen LogP contribution is -2.15. The zero-order chi connectivity index (χ0) is 13.4. The second kappa shape index (κ2) is 4.85. The molecule has 0 radical (unpaired) electrons. The molecule has 102 valence electrons. The van der Waals surface area contributed by atoms with E-state index in [0.29, 0.717) is 0 Å². The molecule has 2 aliphatic heterocycles. The van der Waals surface area contributed by atoms with E-state index in [1.807, 2.05) is 13.0 Å². The molecule has 3 atom stereocenters. The van der Waals surface area contributed by atoms with Crippen LogP contribution in [0.2, 0.25) is 0 Å². The van der Waals surface area contributed by atoms with Crippen molar-refractivity contribution in [2.75, 3.05) is 0 Å². The Hall–Kier alpha value is -1.55. The first kappa shape index (κ1) is 12.5. The summed E-state index contributed by atoms with van der Waals surface area (Å²) >= 11 is 0. The lowest BCUT2D eigenvalue weighted by Gasteiger charge is -2.06. The molecule has 0 aliphatic carbocycles. The van der Waals surface area contributed by atoms with E-state index in [0.717, 1.165) is 30.6 Å². The van der Waals surface area contributed by atoms with Gasteiger partial charge < -0.3 is 13.9 Å².